The minimum atomic E-state index is -0.975. The summed E-state index contributed by atoms with van der Waals surface area (Å²) in [5, 5.41) is 11.3. The molecule has 0 spiro atoms. The van der Waals surface area contributed by atoms with Gasteiger partial charge in [0.05, 0.1) is 5.92 Å². The van der Waals surface area contributed by atoms with E-state index < -0.39 is 17.8 Å². The van der Waals surface area contributed by atoms with Crippen molar-refractivity contribution in [2.75, 3.05) is 6.54 Å². The van der Waals surface area contributed by atoms with Crippen molar-refractivity contribution < 1.29 is 14.7 Å². The Morgan fingerprint density at radius 3 is 2.50 bits per heavy atom. The standard InChI is InChI=1S/C14H20N2O4/c1-8(2)4-11-5-10(6-12(17)16-11)13(18)15-7-9(3)14(19)20/h5-6,8-9H,4,7H2,1-3H3,(H,15,18)(H,16,17)(H,19,20). The average Bonchev–Trinajstić information content (AvgIpc) is 2.33. The van der Waals surface area contributed by atoms with Gasteiger partial charge in [-0.3, -0.25) is 14.4 Å². The summed E-state index contributed by atoms with van der Waals surface area (Å²) >= 11 is 0. The Hall–Kier alpha value is -2.11. The summed E-state index contributed by atoms with van der Waals surface area (Å²) in [5.41, 5.74) is 0.616. The molecule has 0 aliphatic rings. The molecule has 0 fully saturated rings. The second-order valence-electron chi connectivity index (χ2n) is 5.31. The zero-order chi connectivity index (χ0) is 15.3. The van der Waals surface area contributed by atoms with Crippen LogP contribution in [0, 0.1) is 11.8 Å². The Morgan fingerprint density at radius 2 is 1.95 bits per heavy atom. The lowest BCUT2D eigenvalue weighted by Gasteiger charge is -2.10. The Balaban J connectivity index is 2.80. The molecule has 0 aliphatic heterocycles. The van der Waals surface area contributed by atoms with Gasteiger partial charge >= 0.3 is 5.97 Å². The first-order chi connectivity index (χ1) is 9.29. The van der Waals surface area contributed by atoms with Gasteiger partial charge in [0.15, 0.2) is 0 Å². The first-order valence-corrected chi connectivity index (χ1v) is 6.54. The summed E-state index contributed by atoms with van der Waals surface area (Å²) in [5.74, 6) is -1.72. The van der Waals surface area contributed by atoms with Gasteiger partial charge in [0.2, 0.25) is 5.56 Å². The van der Waals surface area contributed by atoms with E-state index >= 15 is 0 Å². The van der Waals surface area contributed by atoms with E-state index in [-0.39, 0.29) is 17.7 Å². The van der Waals surface area contributed by atoms with Crippen LogP contribution in [-0.4, -0.2) is 28.5 Å². The summed E-state index contributed by atoms with van der Waals surface area (Å²) in [6, 6.07) is 2.84. The van der Waals surface area contributed by atoms with Crippen LogP contribution in [0.25, 0.3) is 0 Å². The fourth-order valence-corrected chi connectivity index (χ4v) is 1.72. The fourth-order valence-electron chi connectivity index (χ4n) is 1.72. The molecule has 1 heterocycles. The van der Waals surface area contributed by atoms with Crippen LogP contribution in [0.2, 0.25) is 0 Å². The first kappa shape index (κ1) is 15.9. The topological polar surface area (TPSA) is 99.3 Å². The maximum Gasteiger partial charge on any atom is 0.308 e. The molecule has 6 heteroatoms. The van der Waals surface area contributed by atoms with E-state index in [4.69, 9.17) is 5.11 Å². The predicted octanol–water partition coefficient (Wildman–Crippen LogP) is 1.02. The van der Waals surface area contributed by atoms with Gasteiger partial charge in [-0.1, -0.05) is 20.8 Å². The quantitative estimate of drug-likeness (QED) is 0.724. The zero-order valence-electron chi connectivity index (χ0n) is 11.9. The molecule has 0 aliphatic carbocycles. The van der Waals surface area contributed by atoms with Crippen molar-refractivity contribution in [3.63, 3.8) is 0 Å². The van der Waals surface area contributed by atoms with Crippen LogP contribution in [0.15, 0.2) is 16.9 Å². The molecule has 0 radical (unpaired) electrons. The van der Waals surface area contributed by atoms with Gasteiger partial charge in [-0.15, -0.1) is 0 Å². The van der Waals surface area contributed by atoms with Gasteiger partial charge in [-0.25, -0.2) is 0 Å². The molecule has 1 rings (SSSR count). The highest BCUT2D eigenvalue weighted by atomic mass is 16.4. The number of carboxylic acid groups (broad SMARTS) is 1. The number of H-pyrrole nitrogens is 1. The summed E-state index contributed by atoms with van der Waals surface area (Å²) in [6.07, 6.45) is 0.669. The van der Waals surface area contributed by atoms with Crippen molar-refractivity contribution in [2.45, 2.75) is 27.2 Å². The van der Waals surface area contributed by atoms with Crippen molar-refractivity contribution in [3.05, 3.63) is 33.7 Å². The number of carbonyl (C=O) groups excluding carboxylic acids is 1. The second kappa shape index (κ2) is 6.88. The van der Waals surface area contributed by atoms with E-state index in [1.54, 1.807) is 6.07 Å². The predicted molar refractivity (Wildman–Crippen MR) is 74.7 cm³/mol. The van der Waals surface area contributed by atoms with Crippen molar-refractivity contribution in [2.24, 2.45) is 11.8 Å². The summed E-state index contributed by atoms with van der Waals surface area (Å²) in [7, 11) is 0. The molecule has 3 N–H and O–H groups in total. The molecule has 0 aromatic carbocycles. The maximum absolute atomic E-state index is 11.9. The molecular formula is C14H20N2O4. The van der Waals surface area contributed by atoms with E-state index in [9.17, 15) is 14.4 Å². The Kier molecular flexibility index (Phi) is 5.49. The van der Waals surface area contributed by atoms with Gasteiger partial charge in [0, 0.05) is 23.9 Å². The highest BCUT2D eigenvalue weighted by Gasteiger charge is 2.14. The molecule has 1 atom stereocenters. The van der Waals surface area contributed by atoms with Crippen molar-refractivity contribution in [3.8, 4) is 0 Å². The van der Waals surface area contributed by atoms with Gasteiger partial charge < -0.3 is 15.4 Å². The molecule has 1 unspecified atom stereocenters. The van der Waals surface area contributed by atoms with E-state index in [0.717, 1.165) is 0 Å². The van der Waals surface area contributed by atoms with E-state index in [0.29, 0.717) is 18.0 Å². The molecule has 1 aromatic rings. The second-order valence-corrected chi connectivity index (χ2v) is 5.31. The van der Waals surface area contributed by atoms with Crippen molar-refractivity contribution in [1.29, 1.82) is 0 Å². The Bertz CT molecular complexity index is 548. The smallest absolute Gasteiger partial charge is 0.308 e. The van der Waals surface area contributed by atoms with Crippen LogP contribution in [-0.2, 0) is 11.2 Å². The number of aromatic nitrogens is 1. The molecule has 0 saturated carbocycles. The molecule has 1 aromatic heterocycles. The minimum Gasteiger partial charge on any atom is -0.481 e. The van der Waals surface area contributed by atoms with E-state index in [1.165, 1.54) is 13.0 Å². The van der Waals surface area contributed by atoms with Gasteiger partial charge in [-0.05, 0) is 18.4 Å². The molecule has 20 heavy (non-hydrogen) atoms. The Morgan fingerprint density at radius 1 is 1.30 bits per heavy atom. The van der Waals surface area contributed by atoms with Gasteiger partial charge in [-0.2, -0.15) is 0 Å². The number of hydrogen-bond donors (Lipinski definition) is 3. The van der Waals surface area contributed by atoms with E-state index in [1.807, 2.05) is 13.8 Å². The molecular weight excluding hydrogens is 260 g/mol. The zero-order valence-corrected chi connectivity index (χ0v) is 11.9. The minimum absolute atomic E-state index is 0.0283. The van der Waals surface area contributed by atoms with Crippen molar-refractivity contribution >= 4 is 11.9 Å². The first-order valence-electron chi connectivity index (χ1n) is 6.54. The average molecular weight is 280 g/mol. The normalized spacial score (nSPS) is 12.2. The number of rotatable bonds is 6. The third-order valence-corrected chi connectivity index (χ3v) is 2.78. The van der Waals surface area contributed by atoms with E-state index in [2.05, 4.69) is 10.3 Å². The molecule has 110 valence electrons. The van der Waals surface area contributed by atoms with Crippen LogP contribution in [0.1, 0.15) is 36.8 Å². The van der Waals surface area contributed by atoms with Crippen molar-refractivity contribution in [1.82, 2.24) is 10.3 Å². The van der Waals surface area contributed by atoms with Crippen LogP contribution in [0.4, 0.5) is 0 Å². The largest absolute Gasteiger partial charge is 0.481 e. The number of aliphatic carboxylic acids is 1. The molecule has 0 saturated heterocycles. The maximum atomic E-state index is 11.9. The highest BCUT2D eigenvalue weighted by molar-refractivity contribution is 5.94. The lowest BCUT2D eigenvalue weighted by molar-refractivity contribution is -0.140. The monoisotopic (exact) mass is 280 g/mol. The number of pyridine rings is 1. The molecule has 6 nitrogen and oxygen atoms in total. The number of nitrogens with one attached hydrogen (secondary N) is 2. The Labute approximate surface area is 117 Å². The molecule has 0 bridgehead atoms. The van der Waals surface area contributed by atoms with Gasteiger partial charge in [0.25, 0.3) is 5.91 Å². The molecule has 1 amide bonds. The lowest BCUT2D eigenvalue weighted by atomic mass is 10.1. The number of aromatic amines is 1. The SMILES string of the molecule is CC(C)Cc1cc(C(=O)NCC(C)C(=O)O)cc(=O)[nH]1. The highest BCUT2D eigenvalue weighted by Crippen LogP contribution is 2.06. The number of hydrogen-bond acceptors (Lipinski definition) is 3. The number of carboxylic acids is 1. The summed E-state index contributed by atoms with van der Waals surface area (Å²) < 4.78 is 0. The van der Waals surface area contributed by atoms with Crippen LogP contribution < -0.4 is 10.9 Å². The third kappa shape index (κ3) is 4.87. The number of carbonyl (C=O) groups is 2. The van der Waals surface area contributed by atoms with Crippen LogP contribution in [0.5, 0.6) is 0 Å². The summed E-state index contributed by atoms with van der Waals surface area (Å²) in [4.78, 5) is 36.8. The summed E-state index contributed by atoms with van der Waals surface area (Å²) in [6.45, 7) is 5.56. The lowest BCUT2D eigenvalue weighted by Crippen LogP contribution is -2.32. The van der Waals surface area contributed by atoms with Gasteiger partial charge in [0.1, 0.15) is 0 Å². The van der Waals surface area contributed by atoms with Crippen LogP contribution >= 0.6 is 0 Å². The van der Waals surface area contributed by atoms with Crippen LogP contribution in [0.3, 0.4) is 0 Å². The fraction of sp³-hybridized carbons (Fsp3) is 0.500. The third-order valence-electron chi connectivity index (χ3n) is 2.78. The number of amides is 1.